The zero-order valence-electron chi connectivity index (χ0n) is 26.5. The van der Waals surface area contributed by atoms with Crippen molar-refractivity contribution in [3.8, 4) is 67.5 Å². The van der Waals surface area contributed by atoms with Gasteiger partial charge < -0.3 is 4.42 Å². The first-order valence-corrected chi connectivity index (χ1v) is 16.4. The Morgan fingerprint density at radius 3 is 1.37 bits per heavy atom. The molecule has 0 aliphatic rings. The first-order valence-electron chi connectivity index (χ1n) is 16.4. The molecule has 230 valence electrons. The largest absolute Gasteiger partial charge is 0.455 e. The quantitative estimate of drug-likeness (QED) is 0.184. The highest BCUT2D eigenvalue weighted by Gasteiger charge is 2.19. The third-order valence-electron chi connectivity index (χ3n) is 8.96. The van der Waals surface area contributed by atoms with E-state index in [2.05, 4.69) is 127 Å². The summed E-state index contributed by atoms with van der Waals surface area (Å²) >= 11 is 0. The van der Waals surface area contributed by atoms with Crippen LogP contribution in [-0.4, -0.2) is 15.0 Å². The zero-order valence-corrected chi connectivity index (χ0v) is 26.5. The van der Waals surface area contributed by atoms with Crippen molar-refractivity contribution >= 4 is 21.9 Å². The van der Waals surface area contributed by atoms with Gasteiger partial charge in [-0.1, -0.05) is 164 Å². The molecular weight excluding hydrogens is 599 g/mol. The van der Waals surface area contributed by atoms with Crippen molar-refractivity contribution in [2.75, 3.05) is 0 Å². The number of fused-ring (bicyclic) bond motifs is 3. The molecule has 7 aromatic carbocycles. The standard InChI is InChI=1S/C45H29N3O/c1-4-13-30(14-5-1)32-25-27-33(28-26-32)37-21-11-22-38-39-23-12-24-40(42(39)49-41(37)38)45-47-43(34-17-8-3-9-18-34)46-44(48-45)36-20-10-19-35(29-36)31-15-6-2-7-16-31/h1-29H. The lowest BCUT2D eigenvalue weighted by Crippen LogP contribution is -2.00. The molecule has 0 spiro atoms. The lowest BCUT2D eigenvalue weighted by Gasteiger charge is -2.10. The number of hydrogen-bond acceptors (Lipinski definition) is 4. The summed E-state index contributed by atoms with van der Waals surface area (Å²) in [5, 5.41) is 2.07. The molecule has 4 heteroatoms. The highest BCUT2D eigenvalue weighted by atomic mass is 16.3. The van der Waals surface area contributed by atoms with E-state index in [1.807, 2.05) is 48.5 Å². The fraction of sp³-hybridized carbons (Fsp3) is 0. The van der Waals surface area contributed by atoms with Crippen molar-refractivity contribution in [2.24, 2.45) is 0 Å². The Morgan fingerprint density at radius 1 is 0.286 bits per heavy atom. The second-order valence-electron chi connectivity index (χ2n) is 12.0. The van der Waals surface area contributed by atoms with Crippen LogP contribution in [-0.2, 0) is 0 Å². The lowest BCUT2D eigenvalue weighted by atomic mass is 9.98. The Hall–Kier alpha value is -6.65. The third kappa shape index (κ3) is 5.35. The number of para-hydroxylation sites is 2. The van der Waals surface area contributed by atoms with Gasteiger partial charge in [0, 0.05) is 27.5 Å². The van der Waals surface area contributed by atoms with E-state index in [9.17, 15) is 0 Å². The van der Waals surface area contributed by atoms with E-state index in [1.54, 1.807) is 0 Å². The molecular formula is C45H29N3O. The Kier molecular flexibility index (Phi) is 7.10. The van der Waals surface area contributed by atoms with Gasteiger partial charge in [-0.15, -0.1) is 0 Å². The molecule has 0 unspecified atom stereocenters. The van der Waals surface area contributed by atoms with Gasteiger partial charge in [-0.05, 0) is 39.9 Å². The van der Waals surface area contributed by atoms with Crippen LogP contribution in [0.25, 0.3) is 89.5 Å². The molecule has 0 amide bonds. The predicted molar refractivity (Wildman–Crippen MR) is 200 cm³/mol. The Morgan fingerprint density at radius 2 is 0.714 bits per heavy atom. The normalized spacial score (nSPS) is 11.3. The topological polar surface area (TPSA) is 51.8 Å². The summed E-state index contributed by atoms with van der Waals surface area (Å²) in [6.07, 6.45) is 0. The molecule has 2 aromatic heterocycles. The summed E-state index contributed by atoms with van der Waals surface area (Å²) in [5.41, 5.74) is 11.0. The van der Waals surface area contributed by atoms with Crippen LogP contribution in [0.15, 0.2) is 180 Å². The summed E-state index contributed by atoms with van der Waals surface area (Å²) < 4.78 is 6.81. The van der Waals surface area contributed by atoms with Gasteiger partial charge in [-0.3, -0.25) is 0 Å². The molecule has 0 saturated carbocycles. The fourth-order valence-electron chi connectivity index (χ4n) is 6.51. The minimum absolute atomic E-state index is 0.562. The number of nitrogens with zero attached hydrogens (tertiary/aromatic N) is 3. The number of hydrogen-bond donors (Lipinski definition) is 0. The van der Waals surface area contributed by atoms with Gasteiger partial charge in [0.25, 0.3) is 0 Å². The Bertz CT molecular complexity index is 2580. The second kappa shape index (κ2) is 12.2. The van der Waals surface area contributed by atoms with Crippen LogP contribution in [0.5, 0.6) is 0 Å². The van der Waals surface area contributed by atoms with Crippen molar-refractivity contribution in [2.45, 2.75) is 0 Å². The SMILES string of the molecule is c1ccc(-c2ccc(-c3cccc4c3oc3c(-c5nc(-c6ccccc6)nc(-c6cccc(-c7ccccc7)c6)n5)cccc34)cc2)cc1. The highest BCUT2D eigenvalue weighted by molar-refractivity contribution is 6.12. The Labute approximate surface area is 284 Å². The van der Waals surface area contributed by atoms with Crippen LogP contribution in [0.2, 0.25) is 0 Å². The van der Waals surface area contributed by atoms with Gasteiger partial charge in [0.1, 0.15) is 11.2 Å². The maximum absolute atomic E-state index is 6.81. The van der Waals surface area contributed by atoms with E-state index in [-0.39, 0.29) is 0 Å². The van der Waals surface area contributed by atoms with Crippen molar-refractivity contribution < 1.29 is 4.42 Å². The lowest BCUT2D eigenvalue weighted by molar-refractivity contribution is 0.670. The van der Waals surface area contributed by atoms with Crippen molar-refractivity contribution in [3.63, 3.8) is 0 Å². The molecule has 4 nitrogen and oxygen atoms in total. The van der Waals surface area contributed by atoms with E-state index >= 15 is 0 Å². The first kappa shape index (κ1) is 28.6. The van der Waals surface area contributed by atoms with Gasteiger partial charge in [0.05, 0.1) is 5.56 Å². The molecule has 9 aromatic rings. The fourth-order valence-corrected chi connectivity index (χ4v) is 6.51. The van der Waals surface area contributed by atoms with Crippen molar-refractivity contribution in [1.29, 1.82) is 0 Å². The van der Waals surface area contributed by atoms with E-state index in [1.165, 1.54) is 11.1 Å². The predicted octanol–water partition coefficient (Wildman–Crippen LogP) is 11.8. The summed E-state index contributed by atoms with van der Waals surface area (Å²) in [4.78, 5) is 15.1. The maximum atomic E-state index is 6.81. The first-order chi connectivity index (χ1) is 24.3. The van der Waals surface area contributed by atoms with Gasteiger partial charge >= 0.3 is 0 Å². The third-order valence-corrected chi connectivity index (χ3v) is 8.96. The molecule has 0 aliphatic heterocycles. The van der Waals surface area contributed by atoms with Gasteiger partial charge in [-0.25, -0.2) is 15.0 Å². The average Bonchev–Trinajstić information content (AvgIpc) is 3.58. The molecule has 2 heterocycles. The molecule has 9 rings (SSSR count). The Balaban J connectivity index is 1.20. The van der Waals surface area contributed by atoms with Crippen LogP contribution in [0, 0.1) is 0 Å². The van der Waals surface area contributed by atoms with E-state index in [0.717, 1.165) is 60.9 Å². The van der Waals surface area contributed by atoms with E-state index in [0.29, 0.717) is 17.5 Å². The van der Waals surface area contributed by atoms with Crippen LogP contribution in [0.4, 0.5) is 0 Å². The zero-order chi connectivity index (χ0) is 32.6. The molecule has 49 heavy (non-hydrogen) atoms. The monoisotopic (exact) mass is 627 g/mol. The van der Waals surface area contributed by atoms with Crippen molar-refractivity contribution in [1.82, 2.24) is 15.0 Å². The second-order valence-corrected chi connectivity index (χ2v) is 12.0. The minimum atomic E-state index is 0.562. The summed E-state index contributed by atoms with van der Waals surface area (Å²) in [6, 6.07) is 60.4. The van der Waals surface area contributed by atoms with Crippen LogP contribution < -0.4 is 0 Å². The number of furan rings is 1. The molecule has 0 radical (unpaired) electrons. The highest BCUT2D eigenvalue weighted by Crippen LogP contribution is 2.40. The molecule has 0 bridgehead atoms. The summed E-state index contributed by atoms with van der Waals surface area (Å²) in [6.45, 7) is 0. The number of benzene rings is 7. The van der Waals surface area contributed by atoms with Crippen LogP contribution in [0.1, 0.15) is 0 Å². The maximum Gasteiger partial charge on any atom is 0.167 e. The molecule has 0 fully saturated rings. The van der Waals surface area contributed by atoms with Gasteiger partial charge in [-0.2, -0.15) is 0 Å². The molecule has 0 atom stereocenters. The number of aromatic nitrogens is 3. The smallest absolute Gasteiger partial charge is 0.167 e. The van der Waals surface area contributed by atoms with Gasteiger partial charge in [0.15, 0.2) is 17.5 Å². The van der Waals surface area contributed by atoms with E-state index in [4.69, 9.17) is 19.4 Å². The molecule has 0 aliphatic carbocycles. The average molecular weight is 628 g/mol. The van der Waals surface area contributed by atoms with Crippen LogP contribution in [0.3, 0.4) is 0 Å². The summed E-state index contributed by atoms with van der Waals surface area (Å²) in [5.74, 6) is 1.78. The molecule has 0 saturated heterocycles. The van der Waals surface area contributed by atoms with Crippen molar-refractivity contribution in [3.05, 3.63) is 176 Å². The summed E-state index contributed by atoms with van der Waals surface area (Å²) in [7, 11) is 0. The minimum Gasteiger partial charge on any atom is -0.455 e. The molecule has 0 N–H and O–H groups in total. The number of rotatable bonds is 6. The van der Waals surface area contributed by atoms with Crippen LogP contribution >= 0.6 is 0 Å². The van der Waals surface area contributed by atoms with E-state index < -0.39 is 0 Å². The van der Waals surface area contributed by atoms with Gasteiger partial charge in [0.2, 0.25) is 0 Å².